The van der Waals surface area contributed by atoms with Crippen LogP contribution in [0.25, 0.3) is 11.5 Å². The third-order valence-electron chi connectivity index (χ3n) is 5.04. The van der Waals surface area contributed by atoms with E-state index in [0.29, 0.717) is 17.1 Å². The number of rotatable bonds is 5. The Bertz CT molecular complexity index is 1060. The Balaban J connectivity index is 1.52. The van der Waals surface area contributed by atoms with Gasteiger partial charge >= 0.3 is 6.18 Å². The molecule has 156 valence electrons. The summed E-state index contributed by atoms with van der Waals surface area (Å²) in [6.07, 6.45) is -4.37. The number of methoxy groups -OCH3 is 1. The summed E-state index contributed by atoms with van der Waals surface area (Å²) in [5.74, 6) is 0.565. The summed E-state index contributed by atoms with van der Waals surface area (Å²) in [4.78, 5) is 18.2. The summed E-state index contributed by atoms with van der Waals surface area (Å²) >= 11 is 0. The minimum atomic E-state index is -4.48. The van der Waals surface area contributed by atoms with Crippen LogP contribution in [0.1, 0.15) is 29.3 Å². The number of para-hydroxylation sites is 1. The van der Waals surface area contributed by atoms with Gasteiger partial charge in [-0.1, -0.05) is 35.5 Å². The van der Waals surface area contributed by atoms with E-state index in [1.54, 1.807) is 18.2 Å². The Kier molecular flexibility index (Phi) is 5.19. The maximum absolute atomic E-state index is 13.2. The fraction of sp³-hybridized carbons (Fsp3) is 0.286. The number of carbonyl (C=O) groups is 1. The molecule has 0 radical (unpaired) electrons. The number of likely N-dealkylation sites (tertiary alicyclic amines) is 1. The molecule has 2 aromatic carbocycles. The number of hydrogen-bond donors (Lipinski definition) is 0. The van der Waals surface area contributed by atoms with Crippen molar-refractivity contribution in [3.05, 3.63) is 65.5 Å². The molecule has 0 bridgehead atoms. The quantitative estimate of drug-likeness (QED) is 0.620. The lowest BCUT2D eigenvalue weighted by Gasteiger charge is -2.19. The van der Waals surface area contributed by atoms with Gasteiger partial charge < -0.3 is 14.2 Å². The summed E-state index contributed by atoms with van der Waals surface area (Å²) < 4.78 is 50.4. The van der Waals surface area contributed by atoms with Crippen molar-refractivity contribution in [2.45, 2.75) is 25.1 Å². The predicted octanol–water partition coefficient (Wildman–Crippen LogP) is 4.28. The highest BCUT2D eigenvalue weighted by Gasteiger charge is 2.37. The zero-order valence-electron chi connectivity index (χ0n) is 16.0. The second-order valence-corrected chi connectivity index (χ2v) is 6.99. The van der Waals surface area contributed by atoms with E-state index in [-0.39, 0.29) is 42.8 Å². The van der Waals surface area contributed by atoms with E-state index in [1.807, 2.05) is 6.07 Å². The second kappa shape index (κ2) is 7.81. The zero-order valence-corrected chi connectivity index (χ0v) is 16.0. The third kappa shape index (κ3) is 3.87. The number of halogens is 3. The monoisotopic (exact) mass is 417 g/mol. The zero-order chi connectivity index (χ0) is 21.3. The first-order chi connectivity index (χ1) is 14.4. The van der Waals surface area contributed by atoms with E-state index >= 15 is 0 Å². The molecule has 1 saturated heterocycles. The van der Waals surface area contributed by atoms with Gasteiger partial charge in [-0.05, 0) is 23.8 Å². The van der Waals surface area contributed by atoms with Gasteiger partial charge in [0.15, 0.2) is 5.82 Å². The van der Waals surface area contributed by atoms with Crippen molar-refractivity contribution in [1.82, 2.24) is 15.0 Å². The Morgan fingerprint density at radius 2 is 1.90 bits per heavy atom. The third-order valence-corrected chi connectivity index (χ3v) is 5.04. The molecule has 4 rings (SSSR count). The molecule has 0 aliphatic carbocycles. The number of aromatic nitrogens is 2. The highest BCUT2D eigenvalue weighted by atomic mass is 19.4. The van der Waals surface area contributed by atoms with Crippen molar-refractivity contribution >= 4 is 5.91 Å². The number of nitrogens with zero attached hydrogens (tertiary/aromatic N) is 3. The van der Waals surface area contributed by atoms with Crippen molar-refractivity contribution in [1.29, 1.82) is 0 Å². The van der Waals surface area contributed by atoms with Gasteiger partial charge in [-0.3, -0.25) is 4.79 Å². The summed E-state index contributed by atoms with van der Waals surface area (Å²) in [5, 5.41) is 3.98. The van der Waals surface area contributed by atoms with Crippen LogP contribution in [-0.2, 0) is 17.5 Å². The average molecular weight is 417 g/mol. The molecule has 0 saturated carbocycles. The molecule has 1 aliphatic heterocycles. The lowest BCUT2D eigenvalue weighted by atomic mass is 10.1. The van der Waals surface area contributed by atoms with Gasteiger partial charge in [-0.2, -0.15) is 18.2 Å². The fourth-order valence-corrected chi connectivity index (χ4v) is 3.57. The van der Waals surface area contributed by atoms with E-state index < -0.39 is 11.7 Å². The molecule has 1 aliphatic rings. The van der Waals surface area contributed by atoms with Crippen LogP contribution in [0, 0.1) is 0 Å². The average Bonchev–Trinajstić information content (AvgIpc) is 3.35. The smallest absolute Gasteiger partial charge is 0.416 e. The first-order valence-corrected chi connectivity index (χ1v) is 9.26. The molecule has 1 aromatic heterocycles. The normalized spacial score (nSPS) is 16.9. The van der Waals surface area contributed by atoms with Gasteiger partial charge in [-0.15, -0.1) is 0 Å². The number of alkyl halides is 3. The van der Waals surface area contributed by atoms with Crippen LogP contribution in [0.15, 0.2) is 53.1 Å². The molecule has 1 atom stereocenters. The van der Waals surface area contributed by atoms with Crippen molar-refractivity contribution < 1.29 is 27.2 Å². The van der Waals surface area contributed by atoms with E-state index in [0.717, 1.165) is 6.07 Å². The number of benzene rings is 2. The van der Waals surface area contributed by atoms with Crippen LogP contribution in [0.2, 0.25) is 0 Å². The number of carbonyl (C=O) groups excluding carboxylic acids is 1. The Labute approximate surface area is 170 Å². The molecule has 30 heavy (non-hydrogen) atoms. The van der Waals surface area contributed by atoms with Gasteiger partial charge in [0.2, 0.25) is 5.91 Å². The Hall–Kier alpha value is -3.36. The SMILES string of the molecule is COc1ccccc1-c1nc(C2CC(=O)N(Cc3ccccc3C(F)(F)F)C2)no1. The molecule has 0 spiro atoms. The van der Waals surface area contributed by atoms with Crippen molar-refractivity contribution in [2.75, 3.05) is 13.7 Å². The first kappa shape index (κ1) is 19.9. The largest absolute Gasteiger partial charge is 0.496 e. The molecule has 3 aromatic rings. The lowest BCUT2D eigenvalue weighted by molar-refractivity contribution is -0.139. The lowest BCUT2D eigenvalue weighted by Crippen LogP contribution is -2.26. The van der Waals surface area contributed by atoms with Gasteiger partial charge in [0.05, 0.1) is 18.2 Å². The maximum atomic E-state index is 13.2. The maximum Gasteiger partial charge on any atom is 0.416 e. The van der Waals surface area contributed by atoms with E-state index in [2.05, 4.69) is 10.1 Å². The van der Waals surface area contributed by atoms with E-state index in [9.17, 15) is 18.0 Å². The van der Waals surface area contributed by atoms with Crippen LogP contribution in [0.3, 0.4) is 0 Å². The highest BCUT2D eigenvalue weighted by Crippen LogP contribution is 2.35. The molecule has 9 heteroatoms. The molecule has 0 N–H and O–H groups in total. The number of ether oxygens (including phenoxy) is 1. The summed E-state index contributed by atoms with van der Waals surface area (Å²) in [5.41, 5.74) is -0.0554. The number of amides is 1. The predicted molar refractivity (Wildman–Crippen MR) is 101 cm³/mol. The van der Waals surface area contributed by atoms with Crippen LogP contribution in [0.5, 0.6) is 5.75 Å². The standard InChI is InChI=1S/C21H18F3N3O3/c1-29-17-9-5-3-7-15(17)20-25-19(26-30-20)14-10-18(28)27(12-14)11-13-6-2-4-8-16(13)21(22,23)24/h2-9,14H,10-12H2,1H3. The van der Waals surface area contributed by atoms with Crippen LogP contribution in [0.4, 0.5) is 13.2 Å². The van der Waals surface area contributed by atoms with Crippen molar-refractivity contribution in [3.63, 3.8) is 0 Å². The molecular formula is C21H18F3N3O3. The van der Waals surface area contributed by atoms with Crippen molar-refractivity contribution in [2.24, 2.45) is 0 Å². The molecule has 1 fully saturated rings. The topological polar surface area (TPSA) is 68.5 Å². The van der Waals surface area contributed by atoms with E-state index in [4.69, 9.17) is 9.26 Å². The molecule has 2 heterocycles. The van der Waals surface area contributed by atoms with Crippen LogP contribution in [-0.4, -0.2) is 34.6 Å². The fourth-order valence-electron chi connectivity index (χ4n) is 3.57. The van der Waals surface area contributed by atoms with Gasteiger partial charge in [0.25, 0.3) is 5.89 Å². The van der Waals surface area contributed by atoms with Gasteiger partial charge in [0, 0.05) is 25.4 Å². The minimum Gasteiger partial charge on any atom is -0.496 e. The summed E-state index contributed by atoms with van der Waals surface area (Å²) in [7, 11) is 1.53. The first-order valence-electron chi connectivity index (χ1n) is 9.26. The summed E-state index contributed by atoms with van der Waals surface area (Å²) in [6.45, 7) is 0.0954. The van der Waals surface area contributed by atoms with Gasteiger partial charge in [0.1, 0.15) is 5.75 Å². The molecule has 1 amide bonds. The highest BCUT2D eigenvalue weighted by molar-refractivity contribution is 5.79. The molecule has 1 unspecified atom stereocenters. The van der Waals surface area contributed by atoms with E-state index in [1.165, 1.54) is 30.2 Å². The Morgan fingerprint density at radius 3 is 2.67 bits per heavy atom. The Morgan fingerprint density at radius 1 is 1.17 bits per heavy atom. The van der Waals surface area contributed by atoms with Gasteiger partial charge in [-0.25, -0.2) is 0 Å². The summed E-state index contributed by atoms with van der Waals surface area (Å²) in [6, 6.07) is 12.4. The number of hydrogen-bond acceptors (Lipinski definition) is 5. The molecular weight excluding hydrogens is 399 g/mol. The molecule has 6 nitrogen and oxygen atoms in total. The van der Waals surface area contributed by atoms with Crippen molar-refractivity contribution in [3.8, 4) is 17.2 Å². The van der Waals surface area contributed by atoms with Crippen LogP contribution < -0.4 is 4.74 Å². The van der Waals surface area contributed by atoms with Crippen LogP contribution >= 0.6 is 0 Å². The second-order valence-electron chi connectivity index (χ2n) is 6.99. The minimum absolute atomic E-state index is 0.0572.